The monoisotopic (exact) mass is 329 g/mol. The first kappa shape index (κ1) is 14.5. The van der Waals surface area contributed by atoms with Crippen LogP contribution in [0.4, 0.5) is 0 Å². The molecule has 1 saturated heterocycles. The van der Waals surface area contributed by atoms with Crippen molar-refractivity contribution >= 4 is 21.8 Å². The summed E-state index contributed by atoms with van der Waals surface area (Å²) in [4.78, 5) is 14.2. The van der Waals surface area contributed by atoms with Crippen LogP contribution in [0.3, 0.4) is 0 Å². The molecule has 5 nitrogen and oxygen atoms in total. The Hall–Kier alpha value is -0.880. The molecule has 0 spiro atoms. The molecule has 2 rings (SSSR count). The van der Waals surface area contributed by atoms with E-state index in [1.807, 2.05) is 11.8 Å². The Morgan fingerprint density at radius 2 is 2.42 bits per heavy atom. The molecule has 1 atom stereocenters. The summed E-state index contributed by atoms with van der Waals surface area (Å²) in [6, 6.07) is 0. The first-order chi connectivity index (χ1) is 9.13. The predicted octanol–water partition coefficient (Wildman–Crippen LogP) is 2.51. The van der Waals surface area contributed by atoms with E-state index in [2.05, 4.69) is 33.1 Å². The zero-order valence-corrected chi connectivity index (χ0v) is 13.0. The number of aryl methyl sites for hydroxylation is 1. The Morgan fingerprint density at radius 3 is 3.05 bits per heavy atom. The van der Waals surface area contributed by atoms with E-state index >= 15 is 0 Å². The quantitative estimate of drug-likeness (QED) is 0.923. The van der Waals surface area contributed by atoms with Crippen molar-refractivity contribution in [3.63, 3.8) is 0 Å². The molecule has 1 aromatic rings. The Labute approximate surface area is 121 Å². The highest BCUT2D eigenvalue weighted by Crippen LogP contribution is 2.22. The van der Waals surface area contributed by atoms with Crippen LogP contribution in [-0.4, -0.2) is 46.8 Å². The van der Waals surface area contributed by atoms with Gasteiger partial charge in [-0.25, -0.2) is 0 Å². The summed E-state index contributed by atoms with van der Waals surface area (Å²) >= 11 is 3.40. The number of carbonyl (C=O) groups is 1. The number of ether oxygens (including phenoxy) is 1. The maximum Gasteiger partial charge on any atom is 0.275 e. The number of amides is 1. The van der Waals surface area contributed by atoms with Crippen molar-refractivity contribution in [3.05, 3.63) is 15.9 Å². The van der Waals surface area contributed by atoms with E-state index in [1.165, 1.54) is 0 Å². The van der Waals surface area contributed by atoms with E-state index in [1.54, 1.807) is 0 Å². The summed E-state index contributed by atoms with van der Waals surface area (Å²) in [7, 11) is 0. The minimum Gasteiger partial charge on any atom is -0.376 e. The number of aromatic amines is 1. The number of hydrogen-bond acceptors (Lipinski definition) is 3. The number of H-pyrrole nitrogens is 1. The highest BCUT2D eigenvalue weighted by atomic mass is 79.9. The fraction of sp³-hybridized carbons (Fsp3) is 0.692. The van der Waals surface area contributed by atoms with Gasteiger partial charge in [0.1, 0.15) is 0 Å². The second-order valence-corrected chi connectivity index (χ2v) is 5.69. The van der Waals surface area contributed by atoms with Crippen molar-refractivity contribution in [1.29, 1.82) is 0 Å². The Bertz CT molecular complexity index is 447. The normalized spacial score (nSPS) is 19.7. The average Bonchev–Trinajstić information content (AvgIpc) is 2.76. The van der Waals surface area contributed by atoms with E-state index in [9.17, 15) is 4.79 Å². The molecule has 1 aliphatic rings. The maximum absolute atomic E-state index is 12.4. The lowest BCUT2D eigenvalue weighted by Crippen LogP contribution is -2.43. The smallest absolute Gasteiger partial charge is 0.275 e. The van der Waals surface area contributed by atoms with Gasteiger partial charge in [0, 0.05) is 25.4 Å². The molecular weight excluding hydrogens is 310 g/mol. The molecule has 0 bridgehead atoms. The van der Waals surface area contributed by atoms with Crippen LogP contribution in [0.5, 0.6) is 0 Å². The molecule has 6 heteroatoms. The molecule has 1 fully saturated rings. The Kier molecular flexibility index (Phi) is 4.99. The van der Waals surface area contributed by atoms with Gasteiger partial charge in [-0.2, -0.15) is 5.10 Å². The zero-order valence-electron chi connectivity index (χ0n) is 11.4. The van der Waals surface area contributed by atoms with Crippen LogP contribution in [0.1, 0.15) is 42.4 Å². The van der Waals surface area contributed by atoms with Crippen molar-refractivity contribution < 1.29 is 9.53 Å². The largest absolute Gasteiger partial charge is 0.376 e. The number of rotatable bonds is 4. The minimum absolute atomic E-state index is 0.0268. The average molecular weight is 330 g/mol. The number of carbonyl (C=O) groups excluding carboxylic acids is 1. The van der Waals surface area contributed by atoms with Crippen molar-refractivity contribution in [2.45, 2.75) is 39.2 Å². The van der Waals surface area contributed by atoms with Crippen LogP contribution in [0.15, 0.2) is 4.47 Å². The van der Waals surface area contributed by atoms with Crippen molar-refractivity contribution in [1.82, 2.24) is 15.1 Å². The fourth-order valence-corrected chi connectivity index (χ4v) is 2.60. The van der Waals surface area contributed by atoms with Crippen LogP contribution >= 0.6 is 15.9 Å². The highest BCUT2D eigenvalue weighted by Gasteiger charge is 2.27. The van der Waals surface area contributed by atoms with Crippen molar-refractivity contribution in [3.8, 4) is 0 Å². The number of hydrogen-bond donors (Lipinski definition) is 1. The summed E-state index contributed by atoms with van der Waals surface area (Å²) < 4.78 is 6.51. The van der Waals surface area contributed by atoms with Gasteiger partial charge in [-0.15, -0.1) is 0 Å². The molecule has 19 heavy (non-hydrogen) atoms. The third kappa shape index (κ3) is 3.36. The minimum atomic E-state index is -0.0268. The van der Waals surface area contributed by atoms with E-state index in [-0.39, 0.29) is 12.0 Å². The molecule has 1 aromatic heterocycles. The van der Waals surface area contributed by atoms with Crippen LogP contribution in [-0.2, 0) is 4.74 Å². The van der Waals surface area contributed by atoms with Crippen LogP contribution in [0.2, 0.25) is 0 Å². The second kappa shape index (κ2) is 6.52. The molecule has 2 heterocycles. The molecule has 106 valence electrons. The molecule has 0 saturated carbocycles. The molecular formula is C13H20BrN3O2. The van der Waals surface area contributed by atoms with Gasteiger partial charge in [-0.05, 0) is 42.1 Å². The topological polar surface area (TPSA) is 58.2 Å². The van der Waals surface area contributed by atoms with E-state index in [0.717, 1.165) is 42.6 Å². The standard InChI is InChI=1S/C13H20BrN3O2/c1-3-7-19-10-5-4-6-17(8-10)13(18)12-11(14)9(2)15-16-12/h10H,3-8H2,1-2H3,(H,15,16)/t10-/m0/s1. The summed E-state index contributed by atoms with van der Waals surface area (Å²) in [6.07, 6.45) is 3.19. The summed E-state index contributed by atoms with van der Waals surface area (Å²) in [5.74, 6) is -0.0268. The summed E-state index contributed by atoms with van der Waals surface area (Å²) in [5.41, 5.74) is 1.34. The Morgan fingerprint density at radius 1 is 1.63 bits per heavy atom. The number of nitrogens with one attached hydrogen (secondary N) is 1. The first-order valence-corrected chi connectivity index (χ1v) is 7.54. The maximum atomic E-state index is 12.4. The fourth-order valence-electron chi connectivity index (χ4n) is 2.25. The van der Waals surface area contributed by atoms with Crippen LogP contribution < -0.4 is 0 Å². The lowest BCUT2D eigenvalue weighted by atomic mass is 10.1. The van der Waals surface area contributed by atoms with Crippen LogP contribution in [0.25, 0.3) is 0 Å². The number of piperidine rings is 1. The second-order valence-electron chi connectivity index (χ2n) is 4.90. The highest BCUT2D eigenvalue weighted by molar-refractivity contribution is 9.10. The lowest BCUT2D eigenvalue weighted by Gasteiger charge is -2.32. The van der Waals surface area contributed by atoms with Crippen molar-refractivity contribution in [2.24, 2.45) is 0 Å². The Balaban J connectivity index is 2.01. The first-order valence-electron chi connectivity index (χ1n) is 6.74. The van der Waals surface area contributed by atoms with E-state index in [0.29, 0.717) is 12.2 Å². The molecule has 1 N–H and O–H groups in total. The van der Waals surface area contributed by atoms with Crippen LogP contribution in [0, 0.1) is 6.92 Å². The number of nitrogens with zero attached hydrogens (tertiary/aromatic N) is 2. The predicted molar refractivity (Wildman–Crippen MR) is 76.2 cm³/mol. The molecule has 0 aliphatic carbocycles. The molecule has 0 radical (unpaired) electrons. The van der Waals surface area contributed by atoms with Gasteiger partial charge in [0.25, 0.3) is 5.91 Å². The van der Waals surface area contributed by atoms with E-state index in [4.69, 9.17) is 4.74 Å². The SMILES string of the molecule is CCCO[C@H]1CCCN(C(=O)c2n[nH]c(C)c2Br)C1. The number of likely N-dealkylation sites (tertiary alicyclic amines) is 1. The molecule has 0 unspecified atom stereocenters. The van der Waals surface area contributed by atoms with Gasteiger partial charge in [0.05, 0.1) is 10.6 Å². The van der Waals surface area contributed by atoms with Gasteiger partial charge in [-0.1, -0.05) is 6.92 Å². The third-order valence-corrected chi connectivity index (χ3v) is 4.27. The van der Waals surface area contributed by atoms with E-state index < -0.39 is 0 Å². The molecule has 0 aromatic carbocycles. The van der Waals surface area contributed by atoms with Gasteiger partial charge in [0.2, 0.25) is 0 Å². The summed E-state index contributed by atoms with van der Waals surface area (Å²) in [6.45, 7) is 6.19. The van der Waals surface area contributed by atoms with Gasteiger partial charge >= 0.3 is 0 Å². The van der Waals surface area contributed by atoms with Gasteiger partial charge in [0.15, 0.2) is 5.69 Å². The molecule has 1 aliphatic heterocycles. The molecule has 1 amide bonds. The number of aromatic nitrogens is 2. The lowest BCUT2D eigenvalue weighted by molar-refractivity contribution is 0.00189. The summed E-state index contributed by atoms with van der Waals surface area (Å²) in [5, 5.41) is 6.90. The number of halogens is 1. The van der Waals surface area contributed by atoms with Gasteiger partial charge < -0.3 is 9.64 Å². The van der Waals surface area contributed by atoms with Gasteiger partial charge in [-0.3, -0.25) is 9.89 Å². The zero-order chi connectivity index (χ0) is 13.8. The third-order valence-electron chi connectivity index (χ3n) is 3.30. The van der Waals surface area contributed by atoms with Crippen molar-refractivity contribution in [2.75, 3.05) is 19.7 Å².